The van der Waals surface area contributed by atoms with Gasteiger partial charge in [0.05, 0.1) is 11.9 Å². The standard InChI is InChI=1S/C12H20ClN5/c1-17(2)8-9-3-5-18(6-4-9)11-10(14)7-15-12(13)16-11/h7,9H,3-6,8,14H2,1-2H3. The molecule has 1 saturated heterocycles. The molecule has 0 aliphatic carbocycles. The van der Waals surface area contributed by atoms with Crippen LogP contribution in [0.25, 0.3) is 0 Å². The van der Waals surface area contributed by atoms with Gasteiger partial charge in [-0.15, -0.1) is 0 Å². The fourth-order valence-corrected chi connectivity index (χ4v) is 2.59. The first kappa shape index (κ1) is 13.4. The van der Waals surface area contributed by atoms with Crippen molar-refractivity contribution in [3.63, 3.8) is 0 Å². The molecule has 18 heavy (non-hydrogen) atoms. The topological polar surface area (TPSA) is 58.3 Å². The number of anilines is 2. The summed E-state index contributed by atoms with van der Waals surface area (Å²) in [6.07, 6.45) is 3.91. The predicted octanol–water partition coefficient (Wildman–Crippen LogP) is 1.49. The Labute approximate surface area is 113 Å². The van der Waals surface area contributed by atoms with Crippen LogP contribution in [0.4, 0.5) is 11.5 Å². The molecule has 0 amide bonds. The number of halogens is 1. The van der Waals surface area contributed by atoms with E-state index in [1.165, 1.54) is 12.8 Å². The number of hydrogen-bond donors (Lipinski definition) is 1. The lowest BCUT2D eigenvalue weighted by Gasteiger charge is -2.34. The molecule has 1 aliphatic rings. The number of piperidine rings is 1. The Balaban J connectivity index is 1.99. The first-order valence-corrected chi connectivity index (χ1v) is 6.61. The lowest BCUT2D eigenvalue weighted by atomic mass is 9.96. The van der Waals surface area contributed by atoms with Crippen LogP contribution in [-0.4, -0.2) is 48.6 Å². The van der Waals surface area contributed by atoms with Gasteiger partial charge in [0, 0.05) is 19.6 Å². The Kier molecular flexibility index (Phi) is 4.24. The fourth-order valence-electron chi connectivity index (χ4n) is 2.46. The molecule has 0 radical (unpaired) electrons. The van der Waals surface area contributed by atoms with Crippen molar-refractivity contribution in [3.8, 4) is 0 Å². The van der Waals surface area contributed by atoms with Crippen molar-refractivity contribution >= 4 is 23.1 Å². The maximum atomic E-state index is 5.90. The second kappa shape index (κ2) is 5.71. The van der Waals surface area contributed by atoms with Crippen LogP contribution in [0.3, 0.4) is 0 Å². The molecule has 0 saturated carbocycles. The predicted molar refractivity (Wildman–Crippen MR) is 74.9 cm³/mol. The van der Waals surface area contributed by atoms with E-state index in [1.54, 1.807) is 6.20 Å². The summed E-state index contributed by atoms with van der Waals surface area (Å²) in [7, 11) is 4.24. The Bertz CT molecular complexity index is 401. The van der Waals surface area contributed by atoms with E-state index in [-0.39, 0.29) is 5.28 Å². The highest BCUT2D eigenvalue weighted by Gasteiger charge is 2.22. The average Bonchev–Trinajstić information content (AvgIpc) is 2.33. The highest BCUT2D eigenvalue weighted by Crippen LogP contribution is 2.26. The van der Waals surface area contributed by atoms with Crippen LogP contribution >= 0.6 is 11.6 Å². The van der Waals surface area contributed by atoms with Crippen LogP contribution in [0.1, 0.15) is 12.8 Å². The summed E-state index contributed by atoms with van der Waals surface area (Å²) in [5, 5.41) is 0.259. The van der Waals surface area contributed by atoms with Crippen molar-refractivity contribution in [2.45, 2.75) is 12.8 Å². The molecule has 100 valence electrons. The molecular weight excluding hydrogens is 250 g/mol. The second-order valence-corrected chi connectivity index (χ2v) is 5.45. The van der Waals surface area contributed by atoms with Crippen LogP contribution in [0.2, 0.25) is 5.28 Å². The highest BCUT2D eigenvalue weighted by molar-refractivity contribution is 6.28. The summed E-state index contributed by atoms with van der Waals surface area (Å²) in [4.78, 5) is 12.6. The molecule has 1 aliphatic heterocycles. The van der Waals surface area contributed by atoms with Gasteiger partial charge in [0.1, 0.15) is 0 Å². The molecule has 0 aromatic carbocycles. The molecule has 6 heteroatoms. The number of nitrogens with zero attached hydrogens (tertiary/aromatic N) is 4. The van der Waals surface area contributed by atoms with E-state index < -0.39 is 0 Å². The van der Waals surface area contributed by atoms with Gasteiger partial charge < -0.3 is 15.5 Å². The SMILES string of the molecule is CN(C)CC1CCN(c2nc(Cl)ncc2N)CC1. The van der Waals surface area contributed by atoms with Crippen LogP contribution in [-0.2, 0) is 0 Å². The van der Waals surface area contributed by atoms with Crippen molar-refractivity contribution in [3.05, 3.63) is 11.5 Å². The van der Waals surface area contributed by atoms with Crippen LogP contribution in [0.15, 0.2) is 6.20 Å². The molecule has 2 rings (SSSR count). The quantitative estimate of drug-likeness (QED) is 0.843. The summed E-state index contributed by atoms with van der Waals surface area (Å²) in [6.45, 7) is 3.11. The van der Waals surface area contributed by atoms with Gasteiger partial charge in [0.2, 0.25) is 5.28 Å². The Morgan fingerprint density at radius 3 is 2.72 bits per heavy atom. The van der Waals surface area contributed by atoms with Crippen molar-refractivity contribution in [1.29, 1.82) is 0 Å². The third kappa shape index (κ3) is 3.23. The summed E-state index contributed by atoms with van der Waals surface area (Å²) in [5.74, 6) is 1.54. The summed E-state index contributed by atoms with van der Waals surface area (Å²) >= 11 is 5.82. The maximum Gasteiger partial charge on any atom is 0.224 e. The largest absolute Gasteiger partial charge is 0.394 e. The van der Waals surface area contributed by atoms with Gasteiger partial charge >= 0.3 is 0 Å². The van der Waals surface area contributed by atoms with Gasteiger partial charge in [0.25, 0.3) is 0 Å². The van der Waals surface area contributed by atoms with Gasteiger partial charge in [-0.25, -0.2) is 4.98 Å². The first-order valence-electron chi connectivity index (χ1n) is 6.24. The Hall–Kier alpha value is -1.07. The van der Waals surface area contributed by atoms with Gasteiger partial charge in [0.15, 0.2) is 5.82 Å². The van der Waals surface area contributed by atoms with Gasteiger partial charge in [-0.05, 0) is 44.5 Å². The Morgan fingerprint density at radius 1 is 1.44 bits per heavy atom. The maximum absolute atomic E-state index is 5.90. The molecule has 2 heterocycles. The zero-order chi connectivity index (χ0) is 13.1. The molecule has 0 atom stereocenters. The third-order valence-corrected chi connectivity index (χ3v) is 3.49. The van der Waals surface area contributed by atoms with Crippen molar-refractivity contribution in [2.24, 2.45) is 5.92 Å². The van der Waals surface area contributed by atoms with Crippen LogP contribution in [0, 0.1) is 5.92 Å². The summed E-state index contributed by atoms with van der Waals surface area (Å²) < 4.78 is 0. The number of rotatable bonds is 3. The number of nitrogen functional groups attached to an aromatic ring is 1. The monoisotopic (exact) mass is 269 g/mol. The zero-order valence-electron chi connectivity index (χ0n) is 10.9. The molecule has 0 bridgehead atoms. The van der Waals surface area contributed by atoms with E-state index >= 15 is 0 Å². The zero-order valence-corrected chi connectivity index (χ0v) is 11.7. The molecule has 2 N–H and O–H groups in total. The van der Waals surface area contributed by atoms with E-state index in [9.17, 15) is 0 Å². The molecule has 1 aromatic heterocycles. The number of hydrogen-bond acceptors (Lipinski definition) is 5. The van der Waals surface area contributed by atoms with E-state index in [4.69, 9.17) is 17.3 Å². The average molecular weight is 270 g/mol. The lowest BCUT2D eigenvalue weighted by Crippen LogP contribution is -2.37. The normalized spacial score (nSPS) is 17.4. The Morgan fingerprint density at radius 2 is 2.11 bits per heavy atom. The number of nitrogens with two attached hydrogens (primary N) is 1. The number of aromatic nitrogens is 2. The lowest BCUT2D eigenvalue weighted by molar-refractivity contribution is 0.284. The van der Waals surface area contributed by atoms with E-state index in [0.29, 0.717) is 5.69 Å². The van der Waals surface area contributed by atoms with E-state index in [1.807, 2.05) is 0 Å². The smallest absolute Gasteiger partial charge is 0.224 e. The minimum absolute atomic E-state index is 0.259. The highest BCUT2D eigenvalue weighted by atomic mass is 35.5. The van der Waals surface area contributed by atoms with Crippen molar-refractivity contribution in [2.75, 3.05) is 44.4 Å². The summed E-state index contributed by atoms with van der Waals surface area (Å²) in [5.41, 5.74) is 6.50. The van der Waals surface area contributed by atoms with E-state index in [0.717, 1.165) is 31.4 Å². The molecule has 1 aromatic rings. The van der Waals surface area contributed by atoms with Crippen molar-refractivity contribution in [1.82, 2.24) is 14.9 Å². The third-order valence-electron chi connectivity index (χ3n) is 3.30. The fraction of sp³-hybridized carbons (Fsp3) is 0.667. The molecule has 1 fully saturated rings. The minimum atomic E-state index is 0.259. The van der Waals surface area contributed by atoms with E-state index in [2.05, 4.69) is 33.9 Å². The van der Waals surface area contributed by atoms with Crippen molar-refractivity contribution < 1.29 is 0 Å². The molecular formula is C12H20ClN5. The van der Waals surface area contributed by atoms with Gasteiger partial charge in [-0.1, -0.05) is 0 Å². The molecule has 0 spiro atoms. The molecule has 0 unspecified atom stereocenters. The van der Waals surface area contributed by atoms with Gasteiger partial charge in [-0.2, -0.15) is 4.98 Å². The second-order valence-electron chi connectivity index (χ2n) is 5.11. The molecule has 5 nitrogen and oxygen atoms in total. The minimum Gasteiger partial charge on any atom is -0.394 e. The first-order chi connectivity index (χ1) is 8.56. The summed E-state index contributed by atoms with van der Waals surface area (Å²) in [6, 6.07) is 0. The van der Waals surface area contributed by atoms with Crippen LogP contribution < -0.4 is 10.6 Å². The van der Waals surface area contributed by atoms with Crippen LogP contribution in [0.5, 0.6) is 0 Å². The van der Waals surface area contributed by atoms with Gasteiger partial charge in [-0.3, -0.25) is 0 Å².